The summed E-state index contributed by atoms with van der Waals surface area (Å²) in [5.41, 5.74) is 3.93. The van der Waals surface area contributed by atoms with Crippen molar-refractivity contribution in [1.82, 2.24) is 0 Å². The van der Waals surface area contributed by atoms with Crippen molar-refractivity contribution < 1.29 is 9.90 Å². The molecular formula is C18H19BrO2. The van der Waals surface area contributed by atoms with E-state index >= 15 is 0 Å². The number of phenolic OH excluding ortho intramolecular Hbond substituents is 1. The zero-order valence-corrected chi connectivity index (χ0v) is 13.7. The molecule has 1 aromatic rings. The van der Waals surface area contributed by atoms with E-state index in [-0.39, 0.29) is 5.41 Å². The summed E-state index contributed by atoms with van der Waals surface area (Å²) < 4.78 is 0.839. The van der Waals surface area contributed by atoms with E-state index in [9.17, 15) is 9.90 Å². The van der Waals surface area contributed by atoms with E-state index in [1.807, 2.05) is 0 Å². The highest BCUT2D eigenvalue weighted by atomic mass is 79.9. The summed E-state index contributed by atoms with van der Waals surface area (Å²) >= 11 is 3.53. The van der Waals surface area contributed by atoms with Gasteiger partial charge in [-0.1, -0.05) is 24.6 Å². The van der Waals surface area contributed by atoms with Gasteiger partial charge in [0.25, 0.3) is 0 Å². The maximum absolute atomic E-state index is 12.3. The molecule has 3 heteroatoms. The zero-order valence-electron chi connectivity index (χ0n) is 12.2. The molecule has 1 aromatic carbocycles. The van der Waals surface area contributed by atoms with Crippen LogP contribution in [0.15, 0.2) is 28.3 Å². The summed E-state index contributed by atoms with van der Waals surface area (Å²) in [7, 11) is 0. The lowest BCUT2D eigenvalue weighted by Crippen LogP contribution is -2.37. The number of Topliss-reactive ketones (excluding diaryl/α,β-unsaturated/α-hetero) is 1. The van der Waals surface area contributed by atoms with Crippen LogP contribution in [0.1, 0.15) is 49.7 Å². The van der Waals surface area contributed by atoms with E-state index in [2.05, 4.69) is 35.0 Å². The van der Waals surface area contributed by atoms with Crippen LogP contribution in [0.4, 0.5) is 0 Å². The molecule has 0 aromatic heterocycles. The lowest BCUT2D eigenvalue weighted by atomic mass is 9.60. The molecule has 2 fully saturated rings. The third kappa shape index (κ3) is 1.73. The minimum Gasteiger partial charge on any atom is -0.507 e. The number of benzene rings is 1. The smallest absolute Gasteiger partial charge is 0.139 e. The molecular weight excluding hydrogens is 328 g/mol. The third-order valence-electron chi connectivity index (χ3n) is 6.00. The molecule has 0 aliphatic heterocycles. The maximum atomic E-state index is 12.3. The molecule has 0 spiro atoms. The number of hydrogen-bond donors (Lipinski definition) is 1. The predicted molar refractivity (Wildman–Crippen MR) is 85.4 cm³/mol. The second-order valence-corrected chi connectivity index (χ2v) is 7.69. The molecule has 0 amide bonds. The Morgan fingerprint density at radius 3 is 2.95 bits per heavy atom. The molecule has 110 valence electrons. The van der Waals surface area contributed by atoms with Gasteiger partial charge in [-0.25, -0.2) is 0 Å². The Bertz CT molecular complexity index is 676. The first kappa shape index (κ1) is 13.6. The summed E-state index contributed by atoms with van der Waals surface area (Å²) in [6.07, 6.45) is 7.00. The maximum Gasteiger partial charge on any atom is 0.139 e. The first-order valence-electron chi connectivity index (χ1n) is 7.76. The van der Waals surface area contributed by atoms with Crippen LogP contribution in [-0.2, 0) is 11.2 Å². The number of carbonyl (C=O) groups is 1. The number of halogens is 1. The normalized spacial score (nSPS) is 34.0. The van der Waals surface area contributed by atoms with Gasteiger partial charge in [-0.3, -0.25) is 4.79 Å². The zero-order chi connectivity index (χ0) is 14.8. The number of ketones is 1. The SMILES string of the molecule is C[C@]12CC[C@H]3C(=CCc4c3ccc(O)c4Br)[C@@H]1CCC2=O. The van der Waals surface area contributed by atoms with E-state index in [1.54, 1.807) is 6.07 Å². The fourth-order valence-corrected chi connectivity index (χ4v) is 5.30. The van der Waals surface area contributed by atoms with Crippen LogP contribution in [0.3, 0.4) is 0 Å². The average molecular weight is 347 g/mol. The highest BCUT2D eigenvalue weighted by Crippen LogP contribution is 2.58. The standard InChI is InChI=1S/C18H19BrO2/c1-18-9-8-11-10-4-6-15(20)17(19)13(10)3-2-12(11)14(18)5-7-16(18)21/h2,4,6,11,14,20H,3,5,7-9H2,1H3/t11-,14+,18+/m1/s1. The van der Waals surface area contributed by atoms with E-state index in [4.69, 9.17) is 0 Å². The van der Waals surface area contributed by atoms with E-state index in [0.29, 0.717) is 23.4 Å². The number of rotatable bonds is 0. The topological polar surface area (TPSA) is 37.3 Å². The molecule has 3 aliphatic rings. The van der Waals surface area contributed by atoms with Crippen molar-refractivity contribution in [3.8, 4) is 5.75 Å². The van der Waals surface area contributed by atoms with Crippen LogP contribution in [0.2, 0.25) is 0 Å². The fraction of sp³-hybridized carbons (Fsp3) is 0.500. The van der Waals surface area contributed by atoms with E-state index < -0.39 is 0 Å². The summed E-state index contributed by atoms with van der Waals surface area (Å²) in [5.74, 6) is 1.66. The van der Waals surface area contributed by atoms with Crippen LogP contribution in [-0.4, -0.2) is 10.9 Å². The molecule has 1 N–H and O–H groups in total. The quantitative estimate of drug-likeness (QED) is 0.702. The monoisotopic (exact) mass is 346 g/mol. The molecule has 0 radical (unpaired) electrons. The van der Waals surface area contributed by atoms with E-state index in [1.165, 1.54) is 16.7 Å². The number of phenols is 1. The van der Waals surface area contributed by atoms with Gasteiger partial charge in [0.15, 0.2) is 0 Å². The van der Waals surface area contributed by atoms with Crippen molar-refractivity contribution >= 4 is 21.7 Å². The van der Waals surface area contributed by atoms with Crippen LogP contribution in [0, 0.1) is 11.3 Å². The Morgan fingerprint density at radius 1 is 1.33 bits per heavy atom. The van der Waals surface area contributed by atoms with Gasteiger partial charge in [0.1, 0.15) is 11.5 Å². The molecule has 0 heterocycles. The number of aromatic hydroxyl groups is 1. The van der Waals surface area contributed by atoms with Crippen molar-refractivity contribution in [2.45, 2.75) is 44.9 Å². The van der Waals surface area contributed by atoms with Gasteiger partial charge < -0.3 is 5.11 Å². The van der Waals surface area contributed by atoms with Gasteiger partial charge >= 0.3 is 0 Å². The molecule has 2 nitrogen and oxygen atoms in total. The van der Waals surface area contributed by atoms with Crippen LogP contribution >= 0.6 is 15.9 Å². The lowest BCUT2D eigenvalue weighted by molar-refractivity contribution is -0.126. The van der Waals surface area contributed by atoms with Crippen molar-refractivity contribution in [2.24, 2.45) is 11.3 Å². The van der Waals surface area contributed by atoms with Gasteiger partial charge in [-0.2, -0.15) is 0 Å². The predicted octanol–water partition coefficient (Wildman–Crippen LogP) is 4.50. The molecule has 4 rings (SSSR count). The summed E-state index contributed by atoms with van der Waals surface area (Å²) in [4.78, 5) is 12.3. The van der Waals surface area contributed by atoms with Gasteiger partial charge in [0.05, 0.1) is 4.47 Å². The largest absolute Gasteiger partial charge is 0.507 e. The highest BCUT2D eigenvalue weighted by Gasteiger charge is 2.52. The molecule has 0 bridgehead atoms. The van der Waals surface area contributed by atoms with Gasteiger partial charge in [0, 0.05) is 17.8 Å². The Balaban J connectivity index is 1.80. The first-order valence-corrected chi connectivity index (χ1v) is 8.55. The van der Waals surface area contributed by atoms with Crippen molar-refractivity contribution in [2.75, 3.05) is 0 Å². The average Bonchev–Trinajstić information content (AvgIpc) is 2.78. The molecule has 2 saturated carbocycles. The number of allylic oxidation sites excluding steroid dienone is 2. The van der Waals surface area contributed by atoms with Crippen molar-refractivity contribution in [1.29, 1.82) is 0 Å². The van der Waals surface area contributed by atoms with Gasteiger partial charge in [0.2, 0.25) is 0 Å². The summed E-state index contributed by atoms with van der Waals surface area (Å²) in [5, 5.41) is 9.89. The molecule has 3 aliphatic carbocycles. The Labute approximate surface area is 133 Å². The number of carbonyl (C=O) groups excluding carboxylic acids is 1. The van der Waals surface area contributed by atoms with Crippen molar-refractivity contribution in [3.05, 3.63) is 39.4 Å². The number of hydrogen-bond acceptors (Lipinski definition) is 2. The second kappa shape index (κ2) is 4.45. The summed E-state index contributed by atoms with van der Waals surface area (Å²) in [6, 6.07) is 3.87. The third-order valence-corrected chi connectivity index (χ3v) is 6.88. The number of fused-ring (bicyclic) bond motifs is 5. The lowest BCUT2D eigenvalue weighted by Gasteiger charge is -2.43. The first-order chi connectivity index (χ1) is 10.0. The Morgan fingerprint density at radius 2 is 2.14 bits per heavy atom. The second-order valence-electron chi connectivity index (χ2n) is 6.90. The molecule has 0 saturated heterocycles. The van der Waals surface area contributed by atoms with Crippen LogP contribution in [0.25, 0.3) is 0 Å². The van der Waals surface area contributed by atoms with Crippen LogP contribution < -0.4 is 0 Å². The fourth-order valence-electron chi connectivity index (χ4n) is 4.77. The summed E-state index contributed by atoms with van der Waals surface area (Å²) in [6.45, 7) is 2.17. The minimum absolute atomic E-state index is 0.117. The van der Waals surface area contributed by atoms with E-state index in [0.717, 1.165) is 36.6 Å². The Hall–Kier alpha value is -1.09. The van der Waals surface area contributed by atoms with Gasteiger partial charge in [-0.05, 0) is 64.7 Å². The molecule has 0 unspecified atom stereocenters. The molecule has 21 heavy (non-hydrogen) atoms. The van der Waals surface area contributed by atoms with Gasteiger partial charge in [-0.15, -0.1) is 0 Å². The highest BCUT2D eigenvalue weighted by molar-refractivity contribution is 9.10. The van der Waals surface area contributed by atoms with Crippen molar-refractivity contribution in [3.63, 3.8) is 0 Å². The molecule has 3 atom stereocenters. The van der Waals surface area contributed by atoms with Crippen LogP contribution in [0.5, 0.6) is 5.75 Å². The Kier molecular flexibility index (Phi) is 2.88. The minimum atomic E-state index is -0.117.